The van der Waals surface area contributed by atoms with Crippen LogP contribution in [-0.2, 0) is 0 Å². The van der Waals surface area contributed by atoms with Crippen molar-refractivity contribution in [1.82, 2.24) is 15.6 Å². The molecule has 8 heteroatoms. The third-order valence-electron chi connectivity index (χ3n) is 2.94. The highest BCUT2D eigenvalue weighted by Gasteiger charge is 2.11. The van der Waals surface area contributed by atoms with Gasteiger partial charge < -0.3 is 0 Å². The number of carbonyl (C=O) groups is 1. The molecular weight excluding hydrogens is 355 g/mol. The molecule has 0 spiro atoms. The minimum absolute atomic E-state index is 0.300. The molecule has 0 unspecified atom stereocenters. The second-order valence-electron chi connectivity index (χ2n) is 4.51. The molecule has 1 aromatic carbocycles. The summed E-state index contributed by atoms with van der Waals surface area (Å²) in [6.07, 6.45) is 1.58. The quantitative estimate of drug-likeness (QED) is 0.537. The number of nitrogens with zero attached hydrogens (tertiary/aromatic N) is 2. The molecule has 3 aromatic rings. The molecule has 5 nitrogen and oxygen atoms in total. The molecule has 0 saturated carbocycles. The summed E-state index contributed by atoms with van der Waals surface area (Å²) in [5.74, 6) is -0.378. The fourth-order valence-corrected chi connectivity index (χ4v) is 2.70. The lowest BCUT2D eigenvalue weighted by atomic mass is 10.1. The SMILES string of the molecule is O=C(N/N=C\c1cccs1)c1cc(-c2ccc(Cl)c(Cl)c2)n[nH]1. The highest BCUT2D eigenvalue weighted by molar-refractivity contribution is 7.11. The molecule has 2 aromatic heterocycles. The van der Waals surface area contributed by atoms with Crippen molar-refractivity contribution >= 4 is 46.7 Å². The molecule has 116 valence electrons. The van der Waals surface area contributed by atoms with Crippen molar-refractivity contribution in [2.45, 2.75) is 0 Å². The van der Waals surface area contributed by atoms with Crippen molar-refractivity contribution in [2.75, 3.05) is 0 Å². The molecule has 1 amide bonds. The van der Waals surface area contributed by atoms with Crippen LogP contribution < -0.4 is 5.43 Å². The molecule has 0 bridgehead atoms. The lowest BCUT2D eigenvalue weighted by Crippen LogP contribution is -2.17. The number of thiophene rings is 1. The van der Waals surface area contributed by atoms with Gasteiger partial charge in [-0.25, -0.2) is 5.43 Å². The molecule has 2 N–H and O–H groups in total. The number of aromatic nitrogens is 2. The summed E-state index contributed by atoms with van der Waals surface area (Å²) in [6, 6.07) is 10.6. The Hall–Kier alpha value is -2.15. The van der Waals surface area contributed by atoms with E-state index in [1.54, 1.807) is 30.5 Å². The van der Waals surface area contributed by atoms with Gasteiger partial charge in [0, 0.05) is 10.4 Å². The number of hydrogen-bond acceptors (Lipinski definition) is 4. The van der Waals surface area contributed by atoms with Crippen LogP contribution in [0.5, 0.6) is 0 Å². The van der Waals surface area contributed by atoms with Crippen LogP contribution in [-0.4, -0.2) is 22.3 Å². The van der Waals surface area contributed by atoms with Gasteiger partial charge >= 0.3 is 0 Å². The van der Waals surface area contributed by atoms with E-state index in [9.17, 15) is 4.79 Å². The molecule has 0 saturated heterocycles. The van der Waals surface area contributed by atoms with Crippen molar-refractivity contribution in [2.24, 2.45) is 5.10 Å². The summed E-state index contributed by atoms with van der Waals surface area (Å²) >= 11 is 13.4. The zero-order valence-corrected chi connectivity index (χ0v) is 13.9. The lowest BCUT2D eigenvalue weighted by Gasteiger charge is -1.98. The second-order valence-corrected chi connectivity index (χ2v) is 6.30. The Morgan fingerprint density at radius 3 is 2.87 bits per heavy atom. The van der Waals surface area contributed by atoms with E-state index >= 15 is 0 Å². The van der Waals surface area contributed by atoms with Crippen LogP contribution in [0.1, 0.15) is 15.4 Å². The summed E-state index contributed by atoms with van der Waals surface area (Å²) < 4.78 is 0. The average molecular weight is 365 g/mol. The van der Waals surface area contributed by atoms with Crippen LogP contribution in [0.2, 0.25) is 10.0 Å². The third kappa shape index (κ3) is 3.79. The zero-order valence-electron chi connectivity index (χ0n) is 11.6. The van der Waals surface area contributed by atoms with E-state index in [0.717, 1.165) is 10.4 Å². The average Bonchev–Trinajstić information content (AvgIpc) is 3.21. The largest absolute Gasteiger partial charge is 0.289 e. The van der Waals surface area contributed by atoms with E-state index in [2.05, 4.69) is 20.7 Å². The number of amides is 1. The summed E-state index contributed by atoms with van der Waals surface area (Å²) in [5, 5.41) is 13.5. The number of aromatic amines is 1. The molecule has 0 aliphatic carbocycles. The molecule has 2 heterocycles. The molecule has 0 atom stereocenters. The highest BCUT2D eigenvalue weighted by atomic mass is 35.5. The Labute approximate surface area is 145 Å². The van der Waals surface area contributed by atoms with Crippen LogP contribution in [0, 0.1) is 0 Å². The van der Waals surface area contributed by atoms with E-state index in [0.29, 0.717) is 21.4 Å². The number of benzene rings is 1. The van der Waals surface area contributed by atoms with Crippen LogP contribution >= 0.6 is 34.5 Å². The minimum Gasteiger partial charge on any atom is -0.272 e. The second kappa shape index (κ2) is 6.95. The summed E-state index contributed by atoms with van der Waals surface area (Å²) in [7, 11) is 0. The standard InChI is InChI=1S/C15H10Cl2N4OS/c16-11-4-3-9(6-12(11)17)13-7-14(20-19-13)15(22)21-18-8-10-2-1-5-23-10/h1-8H,(H,19,20)(H,21,22)/b18-8-. The highest BCUT2D eigenvalue weighted by Crippen LogP contribution is 2.27. The number of carbonyl (C=O) groups excluding carboxylic acids is 1. The molecule has 0 aliphatic heterocycles. The van der Waals surface area contributed by atoms with Gasteiger partial charge in [-0.15, -0.1) is 11.3 Å². The molecule has 0 aliphatic rings. The topological polar surface area (TPSA) is 70.1 Å². The fourth-order valence-electron chi connectivity index (χ4n) is 1.82. The summed E-state index contributed by atoms with van der Waals surface area (Å²) in [4.78, 5) is 12.9. The Kier molecular flexibility index (Phi) is 4.76. The van der Waals surface area contributed by atoms with Crippen molar-refractivity contribution in [3.63, 3.8) is 0 Å². The predicted octanol–water partition coefficient (Wildman–Crippen LogP) is 4.21. The van der Waals surface area contributed by atoms with Crippen LogP contribution in [0.25, 0.3) is 11.3 Å². The van der Waals surface area contributed by atoms with Crippen molar-refractivity contribution in [3.05, 3.63) is 62.4 Å². The summed E-state index contributed by atoms with van der Waals surface area (Å²) in [5.41, 5.74) is 4.10. The third-order valence-corrected chi connectivity index (χ3v) is 4.48. The molecule has 3 rings (SSSR count). The van der Waals surface area contributed by atoms with E-state index < -0.39 is 0 Å². The maximum atomic E-state index is 12.0. The molecule has 0 radical (unpaired) electrons. The number of nitrogens with one attached hydrogen (secondary N) is 2. The van der Waals surface area contributed by atoms with Crippen molar-refractivity contribution < 1.29 is 4.79 Å². The lowest BCUT2D eigenvalue weighted by molar-refractivity contribution is 0.0950. The van der Waals surface area contributed by atoms with Crippen molar-refractivity contribution in [1.29, 1.82) is 0 Å². The number of halogens is 2. The summed E-state index contributed by atoms with van der Waals surface area (Å²) in [6.45, 7) is 0. The first kappa shape index (κ1) is 15.7. The van der Waals surface area contributed by atoms with E-state index in [1.807, 2.05) is 17.5 Å². The van der Waals surface area contributed by atoms with Gasteiger partial charge in [-0.3, -0.25) is 9.89 Å². The Morgan fingerprint density at radius 2 is 2.13 bits per heavy atom. The normalized spacial score (nSPS) is 11.0. The Balaban J connectivity index is 1.70. The van der Waals surface area contributed by atoms with Crippen LogP contribution in [0.4, 0.5) is 0 Å². The van der Waals surface area contributed by atoms with Gasteiger partial charge in [0.05, 0.1) is 22.0 Å². The van der Waals surface area contributed by atoms with Gasteiger partial charge in [0.1, 0.15) is 5.69 Å². The van der Waals surface area contributed by atoms with Gasteiger partial charge in [0.25, 0.3) is 5.91 Å². The first-order valence-electron chi connectivity index (χ1n) is 6.51. The van der Waals surface area contributed by atoms with Crippen LogP contribution in [0.3, 0.4) is 0 Å². The smallest absolute Gasteiger partial charge is 0.272 e. The zero-order chi connectivity index (χ0) is 16.2. The van der Waals surface area contributed by atoms with E-state index in [4.69, 9.17) is 23.2 Å². The number of H-pyrrole nitrogens is 1. The number of hydrazone groups is 1. The van der Waals surface area contributed by atoms with Crippen molar-refractivity contribution in [3.8, 4) is 11.3 Å². The Bertz CT molecular complexity index is 858. The maximum Gasteiger partial charge on any atom is 0.289 e. The maximum absolute atomic E-state index is 12.0. The molecular formula is C15H10Cl2N4OS. The minimum atomic E-state index is -0.378. The Morgan fingerprint density at radius 1 is 1.26 bits per heavy atom. The van der Waals surface area contributed by atoms with Gasteiger partial charge in [0.2, 0.25) is 0 Å². The molecule has 0 fully saturated rings. The number of hydrogen-bond donors (Lipinski definition) is 2. The fraction of sp³-hybridized carbons (Fsp3) is 0. The van der Waals surface area contributed by atoms with Gasteiger partial charge in [0.15, 0.2) is 0 Å². The van der Waals surface area contributed by atoms with Gasteiger partial charge in [-0.1, -0.05) is 35.3 Å². The predicted molar refractivity (Wildman–Crippen MR) is 93.4 cm³/mol. The van der Waals surface area contributed by atoms with Gasteiger partial charge in [-0.2, -0.15) is 10.2 Å². The van der Waals surface area contributed by atoms with E-state index in [-0.39, 0.29) is 5.91 Å². The van der Waals surface area contributed by atoms with Crippen LogP contribution in [0.15, 0.2) is 46.9 Å². The number of rotatable bonds is 4. The monoisotopic (exact) mass is 364 g/mol. The van der Waals surface area contributed by atoms with Gasteiger partial charge in [-0.05, 0) is 29.6 Å². The first-order chi connectivity index (χ1) is 11.1. The first-order valence-corrected chi connectivity index (χ1v) is 8.15. The van der Waals surface area contributed by atoms with E-state index in [1.165, 1.54) is 11.3 Å². The molecule has 23 heavy (non-hydrogen) atoms.